The molecule has 1 aromatic heterocycles. The Morgan fingerprint density at radius 1 is 1.24 bits per heavy atom. The summed E-state index contributed by atoms with van der Waals surface area (Å²) in [6.45, 7) is 1.78. The first-order valence-corrected chi connectivity index (χ1v) is 11.1. The molecule has 2 aromatic carbocycles. The first-order valence-electron chi connectivity index (χ1n) is 8.86. The van der Waals surface area contributed by atoms with Crippen LogP contribution >= 0.6 is 11.6 Å². The van der Waals surface area contributed by atoms with E-state index in [4.69, 9.17) is 11.6 Å². The lowest BCUT2D eigenvalue weighted by molar-refractivity contribution is -0.122. The number of nitrogens with zero attached hydrogens (tertiary/aromatic N) is 3. The van der Waals surface area contributed by atoms with Crippen molar-refractivity contribution in [3.05, 3.63) is 77.8 Å². The average Bonchev–Trinajstić information content (AvgIpc) is 3.20. The van der Waals surface area contributed by atoms with Gasteiger partial charge in [0, 0.05) is 24.0 Å². The van der Waals surface area contributed by atoms with Crippen LogP contribution in [0.2, 0.25) is 5.02 Å². The van der Waals surface area contributed by atoms with Gasteiger partial charge in [-0.3, -0.25) is 9.10 Å². The third kappa shape index (κ3) is 4.96. The van der Waals surface area contributed by atoms with E-state index in [0.717, 1.165) is 21.8 Å². The molecule has 152 valence electrons. The number of hydrogen-bond donors (Lipinski definition) is 1. The SMILES string of the molecule is C[C@H](C(=O)NCc1ccccc1-n1ccnc1)N(c1cccc(Cl)c1)S(C)(=O)=O. The molecular weight excluding hydrogens is 412 g/mol. The van der Waals surface area contributed by atoms with Crippen LogP contribution in [0, 0.1) is 0 Å². The zero-order valence-corrected chi connectivity index (χ0v) is 17.6. The minimum Gasteiger partial charge on any atom is -0.350 e. The monoisotopic (exact) mass is 432 g/mol. The van der Waals surface area contributed by atoms with E-state index >= 15 is 0 Å². The molecule has 0 saturated heterocycles. The van der Waals surface area contributed by atoms with E-state index in [-0.39, 0.29) is 6.54 Å². The number of nitrogens with one attached hydrogen (secondary N) is 1. The van der Waals surface area contributed by atoms with Crippen LogP contribution in [0.1, 0.15) is 12.5 Å². The number of rotatable bonds is 7. The van der Waals surface area contributed by atoms with Crippen LogP contribution < -0.4 is 9.62 Å². The van der Waals surface area contributed by atoms with Gasteiger partial charge >= 0.3 is 0 Å². The number of imidazole rings is 1. The summed E-state index contributed by atoms with van der Waals surface area (Å²) in [6.07, 6.45) is 6.22. The van der Waals surface area contributed by atoms with Crippen LogP contribution in [-0.4, -0.2) is 36.2 Å². The molecule has 0 aliphatic heterocycles. The molecule has 1 heterocycles. The number of halogens is 1. The van der Waals surface area contributed by atoms with Gasteiger partial charge in [0.15, 0.2) is 0 Å². The number of carbonyl (C=O) groups is 1. The molecule has 9 heteroatoms. The summed E-state index contributed by atoms with van der Waals surface area (Å²) in [4.78, 5) is 16.8. The molecule has 0 aliphatic rings. The van der Waals surface area contributed by atoms with Crippen LogP contribution in [0.15, 0.2) is 67.3 Å². The lowest BCUT2D eigenvalue weighted by Gasteiger charge is -2.28. The maximum absolute atomic E-state index is 12.8. The van der Waals surface area contributed by atoms with Gasteiger partial charge in [0.2, 0.25) is 15.9 Å². The van der Waals surface area contributed by atoms with Crippen LogP contribution in [0.4, 0.5) is 5.69 Å². The third-order valence-corrected chi connectivity index (χ3v) is 5.86. The predicted molar refractivity (Wildman–Crippen MR) is 114 cm³/mol. The van der Waals surface area contributed by atoms with Gasteiger partial charge in [-0.15, -0.1) is 0 Å². The van der Waals surface area contributed by atoms with E-state index in [0.29, 0.717) is 10.7 Å². The quantitative estimate of drug-likeness (QED) is 0.622. The van der Waals surface area contributed by atoms with E-state index in [1.54, 1.807) is 37.6 Å². The normalized spacial score (nSPS) is 12.4. The fourth-order valence-corrected chi connectivity index (χ4v) is 4.42. The Balaban J connectivity index is 1.80. The fourth-order valence-electron chi connectivity index (χ4n) is 3.07. The van der Waals surface area contributed by atoms with Crippen molar-refractivity contribution in [1.82, 2.24) is 14.9 Å². The smallest absolute Gasteiger partial charge is 0.243 e. The van der Waals surface area contributed by atoms with Crippen molar-refractivity contribution in [2.45, 2.75) is 19.5 Å². The van der Waals surface area contributed by atoms with Crippen molar-refractivity contribution in [3.8, 4) is 5.69 Å². The summed E-state index contributed by atoms with van der Waals surface area (Å²) < 4.78 is 27.6. The van der Waals surface area contributed by atoms with Crippen LogP contribution in [0.25, 0.3) is 5.69 Å². The Bertz CT molecular complexity index is 1100. The Labute approximate surface area is 175 Å². The maximum Gasteiger partial charge on any atom is 0.243 e. The van der Waals surface area contributed by atoms with Gasteiger partial charge in [-0.1, -0.05) is 35.9 Å². The number of sulfonamides is 1. The Kier molecular flexibility index (Phi) is 6.24. The fraction of sp³-hybridized carbons (Fsp3) is 0.200. The summed E-state index contributed by atoms with van der Waals surface area (Å²) >= 11 is 6.00. The molecule has 0 saturated carbocycles. The van der Waals surface area contributed by atoms with Crippen molar-refractivity contribution >= 4 is 33.2 Å². The molecule has 1 N–H and O–H groups in total. The Morgan fingerprint density at radius 3 is 2.66 bits per heavy atom. The second kappa shape index (κ2) is 8.67. The highest BCUT2D eigenvalue weighted by molar-refractivity contribution is 7.92. The van der Waals surface area contributed by atoms with Crippen LogP contribution in [0.5, 0.6) is 0 Å². The van der Waals surface area contributed by atoms with Gasteiger partial charge in [0.1, 0.15) is 6.04 Å². The highest BCUT2D eigenvalue weighted by Gasteiger charge is 2.29. The van der Waals surface area contributed by atoms with Crippen LogP contribution in [0.3, 0.4) is 0 Å². The van der Waals surface area contributed by atoms with Crippen LogP contribution in [-0.2, 0) is 21.4 Å². The number of anilines is 1. The van der Waals surface area contributed by atoms with Gasteiger partial charge in [-0.25, -0.2) is 13.4 Å². The predicted octanol–water partition coefficient (Wildman–Crippen LogP) is 3.00. The summed E-state index contributed by atoms with van der Waals surface area (Å²) in [7, 11) is -3.70. The second-order valence-electron chi connectivity index (χ2n) is 6.53. The van der Waals surface area contributed by atoms with Crippen molar-refractivity contribution in [1.29, 1.82) is 0 Å². The van der Waals surface area contributed by atoms with E-state index in [9.17, 15) is 13.2 Å². The van der Waals surface area contributed by atoms with E-state index in [2.05, 4.69) is 10.3 Å². The first kappa shape index (κ1) is 20.9. The van der Waals surface area contributed by atoms with E-state index in [1.165, 1.54) is 6.07 Å². The lowest BCUT2D eigenvalue weighted by Crippen LogP contribution is -2.47. The third-order valence-electron chi connectivity index (χ3n) is 4.38. The molecule has 0 unspecified atom stereocenters. The Hall–Kier alpha value is -2.84. The highest BCUT2D eigenvalue weighted by Crippen LogP contribution is 2.24. The van der Waals surface area contributed by atoms with Gasteiger partial charge in [0.05, 0.1) is 24.0 Å². The molecular formula is C20H21ClN4O3S. The molecule has 3 aromatic rings. The molecule has 3 rings (SSSR count). The number of amides is 1. The Morgan fingerprint density at radius 2 is 2.00 bits per heavy atom. The number of aromatic nitrogens is 2. The van der Waals surface area contributed by atoms with Crippen molar-refractivity contribution in [3.63, 3.8) is 0 Å². The first-order chi connectivity index (χ1) is 13.8. The maximum atomic E-state index is 12.8. The van der Waals surface area contributed by atoms with Crippen molar-refractivity contribution < 1.29 is 13.2 Å². The molecule has 29 heavy (non-hydrogen) atoms. The molecule has 0 aliphatic carbocycles. The number of carbonyl (C=O) groups excluding carboxylic acids is 1. The summed E-state index contributed by atoms with van der Waals surface area (Å²) in [5.41, 5.74) is 2.09. The van der Waals surface area contributed by atoms with Gasteiger partial charge in [0.25, 0.3) is 0 Å². The molecule has 0 fully saturated rings. The zero-order chi connectivity index (χ0) is 21.0. The number of para-hydroxylation sites is 1. The van der Waals surface area contributed by atoms with Gasteiger partial charge < -0.3 is 9.88 Å². The number of benzene rings is 2. The minimum atomic E-state index is -3.70. The largest absolute Gasteiger partial charge is 0.350 e. The molecule has 0 spiro atoms. The molecule has 0 bridgehead atoms. The molecule has 7 nitrogen and oxygen atoms in total. The summed E-state index contributed by atoms with van der Waals surface area (Å²) in [6, 6.07) is 13.0. The second-order valence-corrected chi connectivity index (χ2v) is 8.83. The van der Waals surface area contributed by atoms with Gasteiger partial charge in [-0.2, -0.15) is 0 Å². The minimum absolute atomic E-state index is 0.241. The average molecular weight is 433 g/mol. The molecule has 1 atom stereocenters. The summed E-state index contributed by atoms with van der Waals surface area (Å²) in [5, 5.41) is 3.21. The van der Waals surface area contributed by atoms with E-state index < -0.39 is 22.0 Å². The number of hydrogen-bond acceptors (Lipinski definition) is 4. The highest BCUT2D eigenvalue weighted by atomic mass is 35.5. The van der Waals surface area contributed by atoms with E-state index in [1.807, 2.05) is 35.0 Å². The van der Waals surface area contributed by atoms with Crippen molar-refractivity contribution in [2.24, 2.45) is 0 Å². The summed E-state index contributed by atoms with van der Waals surface area (Å²) in [5.74, 6) is -0.421. The molecule has 0 radical (unpaired) electrons. The van der Waals surface area contributed by atoms with Gasteiger partial charge in [-0.05, 0) is 36.8 Å². The lowest BCUT2D eigenvalue weighted by atomic mass is 10.1. The topological polar surface area (TPSA) is 84.3 Å². The standard InChI is InChI=1S/C20H21ClN4O3S/c1-15(25(29(2,27)28)18-8-5-7-17(21)12-18)20(26)23-13-16-6-3-4-9-19(16)24-11-10-22-14-24/h3-12,14-15H,13H2,1-2H3,(H,23,26)/t15-/m1/s1. The zero-order valence-electron chi connectivity index (χ0n) is 16.0. The van der Waals surface area contributed by atoms with Crippen molar-refractivity contribution in [2.75, 3.05) is 10.6 Å². The molecule has 1 amide bonds.